The Labute approximate surface area is 271 Å². The molecule has 2 heterocycles. The third-order valence-electron chi connectivity index (χ3n) is 7.95. The smallest absolute Gasteiger partial charge is 0.435 e. The van der Waals surface area contributed by atoms with E-state index in [9.17, 15) is 26.4 Å². The second kappa shape index (κ2) is 15.0. The van der Waals surface area contributed by atoms with E-state index in [1.54, 1.807) is 47.4 Å². The average Bonchev–Trinajstić information content (AvgIpc) is 3.05. The summed E-state index contributed by atoms with van der Waals surface area (Å²) < 4.78 is 78.5. The fourth-order valence-corrected chi connectivity index (χ4v) is 6.70. The predicted molar refractivity (Wildman–Crippen MR) is 167 cm³/mol. The predicted octanol–water partition coefficient (Wildman–Crippen LogP) is 4.25. The van der Waals surface area contributed by atoms with Crippen molar-refractivity contribution in [2.45, 2.75) is 43.5 Å². The molecule has 3 aromatic rings. The molecule has 10 nitrogen and oxygen atoms in total. The SMILES string of the molecule is C[NH2+]CCOC1=C(NS(=O)(=O)Cc2ccccc2)C=C(C(=O)N2CCC(c3ccc(Oc4ccc(C(F)(F)F)nn4)cc3)CC2)CC1. The van der Waals surface area contributed by atoms with Crippen LogP contribution in [0.25, 0.3) is 0 Å². The lowest BCUT2D eigenvalue weighted by Gasteiger charge is -2.33. The van der Waals surface area contributed by atoms with Crippen LogP contribution in [0.5, 0.6) is 11.6 Å². The van der Waals surface area contributed by atoms with Crippen LogP contribution in [0.1, 0.15) is 48.4 Å². The number of halogens is 3. The molecular formula is C33H37F3N5O5S+. The van der Waals surface area contributed by atoms with Gasteiger partial charge in [-0.25, -0.2) is 8.42 Å². The zero-order valence-corrected chi connectivity index (χ0v) is 26.7. The summed E-state index contributed by atoms with van der Waals surface area (Å²) in [6.07, 6.45) is -0.637. The molecular weight excluding hydrogens is 635 g/mol. The number of allylic oxidation sites excluding steroid dienone is 2. The molecule has 14 heteroatoms. The number of benzene rings is 2. The van der Waals surface area contributed by atoms with Gasteiger partial charge < -0.3 is 19.7 Å². The second-order valence-corrected chi connectivity index (χ2v) is 13.1. The molecule has 0 bridgehead atoms. The summed E-state index contributed by atoms with van der Waals surface area (Å²) in [5.41, 5.74) is 1.45. The van der Waals surface area contributed by atoms with Crippen molar-refractivity contribution in [1.82, 2.24) is 19.8 Å². The number of aromatic nitrogens is 2. The van der Waals surface area contributed by atoms with Gasteiger partial charge in [-0.15, -0.1) is 10.2 Å². The van der Waals surface area contributed by atoms with Crippen LogP contribution in [0, 0.1) is 0 Å². The van der Waals surface area contributed by atoms with Crippen LogP contribution in [0.4, 0.5) is 13.2 Å². The highest BCUT2D eigenvalue weighted by Gasteiger charge is 2.33. The molecule has 250 valence electrons. The molecule has 0 saturated carbocycles. The maximum absolute atomic E-state index is 13.6. The molecule has 0 unspecified atom stereocenters. The molecule has 1 fully saturated rings. The van der Waals surface area contributed by atoms with Crippen molar-refractivity contribution in [2.75, 3.05) is 33.3 Å². The fraction of sp³-hybridized carbons (Fsp3) is 0.364. The molecule has 47 heavy (non-hydrogen) atoms. The monoisotopic (exact) mass is 672 g/mol. The molecule has 5 rings (SSSR count). The van der Waals surface area contributed by atoms with Gasteiger partial charge in [-0.05, 0) is 60.6 Å². The standard InChI is InChI=1S/C33H36F3N5O5S/c1-37-17-20-45-29-12-9-26(21-28(29)40-47(43,44)22-23-5-3-2-4-6-23)32(42)41-18-15-25(16-19-41)24-7-10-27(11-8-24)46-31-14-13-30(38-39-31)33(34,35)36/h2-8,10-11,13-14,21,25,37,40H,9,12,15-20,22H2,1H3/p+1. The molecule has 0 radical (unpaired) electrons. The maximum atomic E-state index is 13.6. The van der Waals surface area contributed by atoms with Crippen molar-refractivity contribution in [3.63, 3.8) is 0 Å². The van der Waals surface area contributed by atoms with E-state index >= 15 is 0 Å². The molecule has 1 aromatic heterocycles. The summed E-state index contributed by atoms with van der Waals surface area (Å²) in [6, 6.07) is 18.1. The number of sulfonamides is 1. The number of carbonyl (C=O) groups excluding carboxylic acids is 1. The number of ether oxygens (including phenoxy) is 2. The van der Waals surface area contributed by atoms with Gasteiger partial charge in [0.05, 0.1) is 18.5 Å². The minimum absolute atomic E-state index is 0.0465. The Morgan fingerprint density at radius 2 is 1.72 bits per heavy atom. The van der Waals surface area contributed by atoms with Crippen LogP contribution in [-0.2, 0) is 31.5 Å². The lowest BCUT2D eigenvalue weighted by Crippen LogP contribution is -2.80. The van der Waals surface area contributed by atoms with Gasteiger partial charge in [0.1, 0.15) is 24.7 Å². The lowest BCUT2D eigenvalue weighted by atomic mass is 9.89. The second-order valence-electron chi connectivity index (χ2n) is 11.4. The van der Waals surface area contributed by atoms with Crippen molar-refractivity contribution in [1.29, 1.82) is 0 Å². The summed E-state index contributed by atoms with van der Waals surface area (Å²) in [5.74, 6) is 0.777. The summed E-state index contributed by atoms with van der Waals surface area (Å²) in [6.45, 7) is 2.20. The first kappa shape index (κ1) is 33.9. The van der Waals surface area contributed by atoms with E-state index in [2.05, 4.69) is 14.9 Å². The summed E-state index contributed by atoms with van der Waals surface area (Å²) in [4.78, 5) is 15.4. The Kier molecular flexibility index (Phi) is 10.8. The van der Waals surface area contributed by atoms with Crippen LogP contribution in [0.15, 0.2) is 89.8 Å². The zero-order valence-electron chi connectivity index (χ0n) is 25.9. The Bertz CT molecular complexity index is 1690. The van der Waals surface area contributed by atoms with Gasteiger partial charge >= 0.3 is 6.18 Å². The highest BCUT2D eigenvalue weighted by molar-refractivity contribution is 7.88. The number of quaternary nitrogens is 1. The number of hydrogen-bond donors (Lipinski definition) is 2. The molecule has 0 atom stereocenters. The van der Waals surface area contributed by atoms with Crippen LogP contribution in [-0.4, -0.2) is 62.7 Å². The van der Waals surface area contributed by atoms with Gasteiger partial charge in [-0.1, -0.05) is 42.5 Å². The molecule has 1 amide bonds. The van der Waals surface area contributed by atoms with E-state index in [1.807, 2.05) is 30.6 Å². The Morgan fingerprint density at radius 3 is 2.36 bits per heavy atom. The Morgan fingerprint density at radius 1 is 1.00 bits per heavy atom. The molecule has 3 N–H and O–H groups in total. The van der Waals surface area contributed by atoms with Gasteiger partial charge in [0.2, 0.25) is 21.8 Å². The van der Waals surface area contributed by atoms with Gasteiger partial charge in [0, 0.05) is 31.1 Å². The highest BCUT2D eigenvalue weighted by Crippen LogP contribution is 2.33. The summed E-state index contributed by atoms with van der Waals surface area (Å²) in [5, 5.41) is 8.64. The van der Waals surface area contributed by atoms with Crippen molar-refractivity contribution >= 4 is 15.9 Å². The lowest BCUT2D eigenvalue weighted by molar-refractivity contribution is -0.628. The van der Waals surface area contributed by atoms with E-state index < -0.39 is 21.9 Å². The van der Waals surface area contributed by atoms with Crippen molar-refractivity contribution in [3.8, 4) is 11.6 Å². The number of alkyl halides is 3. The number of nitrogens with one attached hydrogen (secondary N) is 1. The first-order chi connectivity index (χ1) is 22.5. The molecule has 0 spiro atoms. The molecule has 2 aromatic carbocycles. The number of hydrogen-bond acceptors (Lipinski definition) is 7. The van der Waals surface area contributed by atoms with E-state index in [1.165, 1.54) is 0 Å². The number of likely N-dealkylation sites (tertiary alicyclic amines) is 1. The molecule has 1 saturated heterocycles. The number of carbonyl (C=O) groups is 1. The number of amides is 1. The number of nitrogens with two attached hydrogens (primary N) is 1. The van der Waals surface area contributed by atoms with Gasteiger partial charge in [-0.2, -0.15) is 13.2 Å². The van der Waals surface area contributed by atoms with Crippen LogP contribution in [0.3, 0.4) is 0 Å². The molecule has 1 aliphatic carbocycles. The van der Waals surface area contributed by atoms with E-state index in [-0.39, 0.29) is 23.5 Å². The number of rotatable bonds is 12. The van der Waals surface area contributed by atoms with Crippen molar-refractivity contribution in [3.05, 3.63) is 107 Å². The molecule has 1 aliphatic heterocycles. The van der Waals surface area contributed by atoms with Crippen LogP contribution < -0.4 is 14.8 Å². The maximum Gasteiger partial charge on any atom is 0.435 e. The quantitative estimate of drug-likeness (QED) is 0.276. The first-order valence-corrected chi connectivity index (χ1v) is 17.0. The largest absolute Gasteiger partial charge is 0.490 e. The Hall–Kier alpha value is -4.43. The molecule has 2 aliphatic rings. The van der Waals surface area contributed by atoms with Gasteiger partial charge in [0.25, 0.3) is 0 Å². The normalized spacial score (nSPS) is 16.1. The fourth-order valence-electron chi connectivity index (χ4n) is 5.49. The minimum Gasteiger partial charge on any atom is -0.490 e. The summed E-state index contributed by atoms with van der Waals surface area (Å²) >= 11 is 0. The summed E-state index contributed by atoms with van der Waals surface area (Å²) in [7, 11) is -1.83. The zero-order chi connectivity index (χ0) is 33.4. The van der Waals surface area contributed by atoms with Gasteiger partial charge in [0.15, 0.2) is 5.69 Å². The minimum atomic E-state index is -4.57. The highest BCUT2D eigenvalue weighted by atomic mass is 32.2. The van der Waals surface area contributed by atoms with Gasteiger partial charge in [-0.3, -0.25) is 9.52 Å². The van der Waals surface area contributed by atoms with E-state index in [0.717, 1.165) is 30.5 Å². The Balaban J connectivity index is 1.20. The first-order valence-electron chi connectivity index (χ1n) is 15.4. The van der Waals surface area contributed by atoms with Crippen molar-refractivity contribution in [2.24, 2.45) is 0 Å². The average molecular weight is 673 g/mol. The van der Waals surface area contributed by atoms with E-state index in [4.69, 9.17) is 9.47 Å². The van der Waals surface area contributed by atoms with Crippen LogP contribution in [0.2, 0.25) is 0 Å². The number of likely N-dealkylation sites (N-methyl/N-ethyl adjacent to an activating group) is 1. The number of piperidine rings is 1. The topological polar surface area (TPSA) is 127 Å². The third kappa shape index (κ3) is 9.32. The third-order valence-corrected chi connectivity index (χ3v) is 9.19. The van der Waals surface area contributed by atoms with E-state index in [0.29, 0.717) is 67.4 Å². The van der Waals surface area contributed by atoms with Crippen molar-refractivity contribution < 1.29 is 41.2 Å². The number of nitrogens with zero attached hydrogens (tertiary/aromatic N) is 3. The van der Waals surface area contributed by atoms with Crippen LogP contribution >= 0.6 is 0 Å².